The number of hydrogen-bond acceptors (Lipinski definition) is 2. The highest BCUT2D eigenvalue weighted by molar-refractivity contribution is 6.28. The van der Waals surface area contributed by atoms with E-state index in [-0.39, 0.29) is 10.8 Å². The second-order valence-corrected chi connectivity index (χ2v) is 21.8. The molecule has 0 N–H and O–H groups in total. The first kappa shape index (κ1) is 39.3. The Morgan fingerprint density at radius 1 is 0.418 bits per heavy atom. The molecule has 0 atom stereocenters. The first-order chi connectivity index (χ1) is 32.8. The van der Waals surface area contributed by atoms with E-state index in [9.17, 15) is 0 Å². The van der Waals surface area contributed by atoms with E-state index in [1.54, 1.807) is 11.1 Å². The highest BCUT2D eigenvalue weighted by Gasteiger charge is 2.62. The summed E-state index contributed by atoms with van der Waals surface area (Å²) in [5, 5.41) is 10.2. The first-order valence-electron chi connectivity index (χ1n) is 24.9. The van der Waals surface area contributed by atoms with Crippen molar-refractivity contribution in [3.8, 4) is 11.1 Å². The van der Waals surface area contributed by atoms with E-state index in [0.29, 0.717) is 11.8 Å². The normalized spacial score (nSPS) is 21.5. The van der Waals surface area contributed by atoms with Crippen molar-refractivity contribution in [2.75, 3.05) is 9.80 Å². The topological polar surface area (TPSA) is 6.48 Å². The lowest BCUT2D eigenvalue weighted by atomic mass is 9.43. The number of anilines is 6. The molecule has 4 saturated carbocycles. The van der Waals surface area contributed by atoms with E-state index in [0.717, 1.165) is 17.5 Å². The lowest BCUT2D eigenvalue weighted by molar-refractivity contribution is -0.0399. The van der Waals surface area contributed by atoms with E-state index < -0.39 is 0 Å². The van der Waals surface area contributed by atoms with Gasteiger partial charge in [-0.05, 0) is 171 Å². The molecule has 326 valence electrons. The van der Waals surface area contributed by atoms with Gasteiger partial charge in [-0.15, -0.1) is 0 Å². The second-order valence-electron chi connectivity index (χ2n) is 21.8. The van der Waals surface area contributed by atoms with Crippen LogP contribution in [-0.2, 0) is 10.8 Å². The molecule has 2 heteroatoms. The fourth-order valence-corrected chi connectivity index (χ4v) is 14.7. The molecule has 4 bridgehead atoms. The van der Waals surface area contributed by atoms with Gasteiger partial charge in [-0.2, -0.15) is 0 Å². The van der Waals surface area contributed by atoms with Crippen LogP contribution in [0.5, 0.6) is 0 Å². The van der Waals surface area contributed by atoms with E-state index in [4.69, 9.17) is 0 Å². The average Bonchev–Trinajstić information content (AvgIpc) is 3.65. The Bertz CT molecular complexity index is 3560. The zero-order valence-electron chi connectivity index (χ0n) is 39.1. The maximum Gasteiger partial charge on any atom is 0.0543 e. The molecule has 0 radical (unpaired) electrons. The Balaban J connectivity index is 1.02. The van der Waals surface area contributed by atoms with Gasteiger partial charge in [-0.3, -0.25) is 0 Å². The lowest BCUT2D eigenvalue weighted by Crippen LogP contribution is -2.55. The van der Waals surface area contributed by atoms with Gasteiger partial charge in [0.15, 0.2) is 0 Å². The zero-order valence-corrected chi connectivity index (χ0v) is 39.1. The molecule has 10 aromatic carbocycles. The van der Waals surface area contributed by atoms with Crippen LogP contribution in [0.25, 0.3) is 54.2 Å². The molecule has 10 aromatic rings. The van der Waals surface area contributed by atoms with Gasteiger partial charge in [0.2, 0.25) is 0 Å². The summed E-state index contributed by atoms with van der Waals surface area (Å²) in [4.78, 5) is 5.13. The molecule has 67 heavy (non-hydrogen) atoms. The predicted molar refractivity (Wildman–Crippen MR) is 284 cm³/mol. The molecule has 2 nitrogen and oxygen atoms in total. The van der Waals surface area contributed by atoms with E-state index in [1.165, 1.54) is 126 Å². The Hall–Kier alpha value is -6.90. The van der Waals surface area contributed by atoms with Crippen molar-refractivity contribution in [3.63, 3.8) is 0 Å². The van der Waals surface area contributed by atoms with Gasteiger partial charge in [-0.25, -0.2) is 0 Å². The van der Waals surface area contributed by atoms with Crippen molar-refractivity contribution in [1.82, 2.24) is 0 Å². The number of rotatable bonds is 6. The minimum Gasteiger partial charge on any atom is -0.309 e. The fraction of sp³-hybridized carbons (Fsp3) is 0.231. The maximum absolute atomic E-state index is 2.64. The van der Waals surface area contributed by atoms with Crippen LogP contribution in [-0.4, -0.2) is 0 Å². The number of benzene rings is 10. The SMILES string of the molecule is Cc1ccc(N(c2ccccc2)c2ccc3ccc4c(N(c5ccc(C(C)(C)C)cc5)c5cccc6c5-c5ccccc5C65C6CC7CC(C6)CC5C7)ccc5ccc2c3c54)c2ccccc12. The smallest absolute Gasteiger partial charge is 0.0543 e. The summed E-state index contributed by atoms with van der Waals surface area (Å²) in [7, 11) is 0. The van der Waals surface area contributed by atoms with Crippen LogP contribution in [0, 0.1) is 30.6 Å². The summed E-state index contributed by atoms with van der Waals surface area (Å²) < 4.78 is 0. The molecule has 1 spiro atoms. The summed E-state index contributed by atoms with van der Waals surface area (Å²) in [5.74, 6) is 3.22. The van der Waals surface area contributed by atoms with Crippen molar-refractivity contribution < 1.29 is 0 Å². The molecule has 4 fully saturated rings. The zero-order chi connectivity index (χ0) is 44.8. The number of para-hydroxylation sites is 1. The number of nitrogens with zero attached hydrogens (tertiary/aromatic N) is 2. The van der Waals surface area contributed by atoms with E-state index in [2.05, 4.69) is 219 Å². The molecule has 0 amide bonds. The third kappa shape index (κ3) is 5.56. The average molecular weight is 865 g/mol. The molecule has 5 aliphatic rings. The molecule has 5 aliphatic carbocycles. The van der Waals surface area contributed by atoms with Crippen molar-refractivity contribution in [1.29, 1.82) is 0 Å². The van der Waals surface area contributed by atoms with Crippen LogP contribution in [0.1, 0.15) is 75.1 Å². The Morgan fingerprint density at radius 3 is 1.60 bits per heavy atom. The van der Waals surface area contributed by atoms with Gasteiger partial charge in [-0.1, -0.05) is 154 Å². The third-order valence-corrected chi connectivity index (χ3v) is 17.3. The van der Waals surface area contributed by atoms with Crippen molar-refractivity contribution in [2.24, 2.45) is 23.7 Å². The van der Waals surface area contributed by atoms with E-state index in [1.807, 2.05) is 0 Å². The lowest BCUT2D eigenvalue weighted by Gasteiger charge is -2.61. The highest BCUT2D eigenvalue weighted by Crippen LogP contribution is 2.70. The van der Waals surface area contributed by atoms with Crippen LogP contribution in [0.15, 0.2) is 182 Å². The van der Waals surface area contributed by atoms with Crippen molar-refractivity contribution >= 4 is 77.2 Å². The third-order valence-electron chi connectivity index (χ3n) is 17.3. The van der Waals surface area contributed by atoms with Crippen LogP contribution >= 0.6 is 0 Å². The van der Waals surface area contributed by atoms with Crippen molar-refractivity contribution in [3.05, 3.63) is 204 Å². The summed E-state index contributed by atoms with van der Waals surface area (Å²) in [6.45, 7) is 9.18. The fourth-order valence-electron chi connectivity index (χ4n) is 14.7. The standard InChI is InChI=1S/C65H56N2/c1-40-21-32-57(51-16-9-8-15-50(40)51)66(48-13-6-5-7-14-48)58-33-24-43-23-31-54-59(34-25-44-22-30-53(58)61(43)62(44)54)67(49-28-26-45(27-29-49)64(2,3)4)60-20-12-19-56-63(60)52-17-10-11-18-55(52)65(56)46-36-41-35-42(38-46)39-47(65)37-41/h5-34,41-42,46-47H,35-39H2,1-4H3. The van der Waals surface area contributed by atoms with Crippen LogP contribution in [0.3, 0.4) is 0 Å². The molecule has 15 rings (SSSR count). The van der Waals surface area contributed by atoms with Gasteiger partial charge < -0.3 is 9.80 Å². The van der Waals surface area contributed by atoms with Gasteiger partial charge in [0.1, 0.15) is 0 Å². The van der Waals surface area contributed by atoms with Gasteiger partial charge in [0.25, 0.3) is 0 Å². The molecular formula is C65H56N2. The van der Waals surface area contributed by atoms with Crippen LogP contribution in [0.4, 0.5) is 34.1 Å². The quantitative estimate of drug-likeness (QED) is 0.154. The number of hydrogen-bond donors (Lipinski definition) is 0. The summed E-state index contributed by atoms with van der Waals surface area (Å²) in [5.41, 5.74) is 16.1. The van der Waals surface area contributed by atoms with Crippen LogP contribution < -0.4 is 9.80 Å². The summed E-state index contributed by atoms with van der Waals surface area (Å²) in [6, 6.07) is 69.9. The molecule has 0 heterocycles. The molecular weight excluding hydrogens is 809 g/mol. The maximum atomic E-state index is 2.64. The number of fused-ring (bicyclic) bond motifs is 4. The summed E-state index contributed by atoms with van der Waals surface area (Å²) >= 11 is 0. The molecule has 0 aromatic heterocycles. The highest BCUT2D eigenvalue weighted by atomic mass is 15.2. The van der Waals surface area contributed by atoms with Crippen molar-refractivity contribution in [2.45, 2.75) is 70.6 Å². The second kappa shape index (κ2) is 14.3. The van der Waals surface area contributed by atoms with Crippen LogP contribution in [0.2, 0.25) is 0 Å². The van der Waals surface area contributed by atoms with E-state index >= 15 is 0 Å². The molecule has 0 unspecified atom stereocenters. The molecule has 0 saturated heterocycles. The minimum absolute atomic E-state index is 0.0470. The van der Waals surface area contributed by atoms with Gasteiger partial charge in [0, 0.05) is 38.5 Å². The predicted octanol–water partition coefficient (Wildman–Crippen LogP) is 18.0. The monoisotopic (exact) mass is 864 g/mol. The Labute approximate surface area is 394 Å². The largest absolute Gasteiger partial charge is 0.309 e. The number of aryl methyl sites for hydroxylation is 1. The summed E-state index contributed by atoms with van der Waals surface area (Å²) in [6.07, 6.45) is 6.96. The van der Waals surface area contributed by atoms with Gasteiger partial charge in [0.05, 0.1) is 22.7 Å². The Kier molecular flexibility index (Phi) is 8.39. The first-order valence-corrected chi connectivity index (χ1v) is 24.9. The minimum atomic E-state index is 0.0470. The molecule has 0 aliphatic heterocycles. The Morgan fingerprint density at radius 2 is 0.940 bits per heavy atom. The van der Waals surface area contributed by atoms with Gasteiger partial charge >= 0.3 is 0 Å².